The standard InChI is InChI=1S/C8H10.C6H4N2O4.C6H14O/c1-7-5-3-4-6-8(7)2;9-7(10)5-2-1-3-6(4-5)8(11)12;1-5(2)7-6(3)4/h3-6H,1-2H3;1-4H;5-6H,1-4H3. The molecule has 0 atom stereocenters. The van der Waals surface area contributed by atoms with E-state index in [1.165, 1.54) is 29.3 Å². The van der Waals surface area contributed by atoms with Crippen LogP contribution in [0.1, 0.15) is 38.8 Å². The van der Waals surface area contributed by atoms with E-state index in [-0.39, 0.29) is 11.4 Å². The van der Waals surface area contributed by atoms with E-state index in [0.717, 1.165) is 6.07 Å². The SMILES string of the molecule is CC(C)OC(C)C.Cc1ccccc1C.O=[N+]([O-])c1cccc([N+](=O)[O-])c1. The Hall–Kier alpha value is -2.80. The first-order valence-electron chi connectivity index (χ1n) is 8.61. The number of aryl methyl sites for hydroxylation is 2. The van der Waals surface area contributed by atoms with Crippen LogP contribution in [0.4, 0.5) is 11.4 Å². The second-order valence-corrected chi connectivity index (χ2v) is 6.35. The molecule has 7 nitrogen and oxygen atoms in total. The number of nitro groups is 2. The van der Waals surface area contributed by atoms with Crippen molar-refractivity contribution in [1.82, 2.24) is 0 Å². The van der Waals surface area contributed by atoms with E-state index in [2.05, 4.69) is 38.1 Å². The van der Waals surface area contributed by atoms with E-state index >= 15 is 0 Å². The van der Waals surface area contributed by atoms with Crippen LogP contribution in [0.15, 0.2) is 48.5 Å². The summed E-state index contributed by atoms with van der Waals surface area (Å²) in [5.41, 5.74) is 2.19. The third-order valence-electron chi connectivity index (χ3n) is 3.22. The molecule has 0 amide bonds. The van der Waals surface area contributed by atoms with E-state index in [9.17, 15) is 20.2 Å². The zero-order chi connectivity index (χ0) is 21.0. The minimum atomic E-state index is -0.674. The monoisotopic (exact) mass is 376 g/mol. The second-order valence-electron chi connectivity index (χ2n) is 6.35. The molecule has 0 heterocycles. The molecule has 0 bridgehead atoms. The summed E-state index contributed by atoms with van der Waals surface area (Å²) in [4.78, 5) is 19.0. The number of hydrogen-bond donors (Lipinski definition) is 0. The minimum absolute atomic E-state index is 0.274. The Bertz CT molecular complexity index is 674. The Labute approximate surface area is 160 Å². The van der Waals surface area contributed by atoms with Crippen molar-refractivity contribution in [3.63, 3.8) is 0 Å². The highest BCUT2D eigenvalue weighted by Gasteiger charge is 2.11. The van der Waals surface area contributed by atoms with Crippen molar-refractivity contribution in [2.24, 2.45) is 0 Å². The maximum absolute atomic E-state index is 10.2. The quantitative estimate of drug-likeness (QED) is 0.509. The Morgan fingerprint density at radius 3 is 1.33 bits per heavy atom. The number of non-ortho nitro benzene ring substituents is 2. The smallest absolute Gasteiger partial charge is 0.276 e. The fourth-order valence-corrected chi connectivity index (χ4v) is 1.93. The molecule has 0 aliphatic carbocycles. The van der Waals surface area contributed by atoms with Crippen molar-refractivity contribution in [3.8, 4) is 0 Å². The van der Waals surface area contributed by atoms with Gasteiger partial charge in [-0.25, -0.2) is 0 Å². The Morgan fingerprint density at radius 1 is 0.741 bits per heavy atom. The molecule has 0 saturated heterocycles. The summed E-state index contributed by atoms with van der Waals surface area (Å²) < 4.78 is 5.25. The average Bonchev–Trinajstić information content (AvgIpc) is 2.57. The zero-order valence-corrected chi connectivity index (χ0v) is 16.7. The maximum Gasteiger partial charge on any atom is 0.276 e. The Balaban J connectivity index is 0.000000395. The predicted octanol–water partition coefficient (Wildman–Crippen LogP) is 5.63. The van der Waals surface area contributed by atoms with Crippen molar-refractivity contribution >= 4 is 11.4 Å². The normalized spacial score (nSPS) is 9.78. The lowest BCUT2D eigenvalue weighted by Gasteiger charge is -2.09. The molecule has 0 fully saturated rings. The van der Waals surface area contributed by atoms with Gasteiger partial charge in [0.05, 0.1) is 28.1 Å². The number of nitro benzene ring substituents is 2. The highest BCUT2D eigenvalue weighted by atomic mass is 16.6. The van der Waals surface area contributed by atoms with Gasteiger partial charge in [-0.1, -0.05) is 24.3 Å². The summed E-state index contributed by atoms with van der Waals surface area (Å²) >= 11 is 0. The Kier molecular flexibility index (Phi) is 11.2. The van der Waals surface area contributed by atoms with Gasteiger partial charge in [-0.15, -0.1) is 0 Å². The molecule has 0 aromatic heterocycles. The molecule has 0 radical (unpaired) electrons. The number of ether oxygens (including phenoxy) is 1. The van der Waals surface area contributed by atoms with Crippen LogP contribution >= 0.6 is 0 Å². The van der Waals surface area contributed by atoms with Crippen molar-refractivity contribution in [2.45, 2.75) is 53.8 Å². The van der Waals surface area contributed by atoms with Gasteiger partial charge in [-0.05, 0) is 58.7 Å². The molecule has 2 rings (SSSR count). The first-order chi connectivity index (χ1) is 12.5. The van der Waals surface area contributed by atoms with Crippen LogP contribution in [0.25, 0.3) is 0 Å². The van der Waals surface area contributed by atoms with Crippen LogP contribution in [-0.4, -0.2) is 22.1 Å². The molecule has 0 N–H and O–H groups in total. The van der Waals surface area contributed by atoms with Gasteiger partial charge < -0.3 is 4.74 Å². The number of nitrogens with zero attached hydrogens (tertiary/aromatic N) is 2. The lowest BCUT2D eigenvalue weighted by molar-refractivity contribution is -0.394. The molecule has 27 heavy (non-hydrogen) atoms. The third kappa shape index (κ3) is 11.4. The minimum Gasteiger partial charge on any atom is -0.376 e. The molecule has 2 aromatic rings. The van der Waals surface area contributed by atoms with Gasteiger partial charge in [0.25, 0.3) is 11.4 Å². The summed E-state index contributed by atoms with van der Waals surface area (Å²) in [7, 11) is 0. The third-order valence-corrected chi connectivity index (χ3v) is 3.22. The largest absolute Gasteiger partial charge is 0.376 e. The van der Waals surface area contributed by atoms with Crippen LogP contribution in [0, 0.1) is 34.1 Å². The van der Waals surface area contributed by atoms with Crippen LogP contribution in [0.5, 0.6) is 0 Å². The van der Waals surface area contributed by atoms with Gasteiger partial charge in [0.15, 0.2) is 0 Å². The molecule has 0 saturated carbocycles. The molecule has 0 aliphatic heterocycles. The van der Waals surface area contributed by atoms with Crippen molar-refractivity contribution in [2.75, 3.05) is 0 Å². The lowest BCUT2D eigenvalue weighted by atomic mass is 10.1. The molecule has 0 unspecified atom stereocenters. The molecule has 7 heteroatoms. The first-order valence-corrected chi connectivity index (χ1v) is 8.61. The first kappa shape index (κ1) is 24.2. The highest BCUT2D eigenvalue weighted by molar-refractivity contribution is 5.42. The second kappa shape index (κ2) is 12.5. The molecule has 0 spiro atoms. The molecular weight excluding hydrogens is 348 g/mol. The van der Waals surface area contributed by atoms with Crippen LogP contribution < -0.4 is 0 Å². The van der Waals surface area contributed by atoms with Crippen LogP contribution in [-0.2, 0) is 4.74 Å². The van der Waals surface area contributed by atoms with Crippen molar-refractivity contribution in [3.05, 3.63) is 79.9 Å². The molecule has 0 aliphatic rings. The van der Waals surface area contributed by atoms with Gasteiger partial charge in [0, 0.05) is 12.1 Å². The van der Waals surface area contributed by atoms with Crippen molar-refractivity contribution < 1.29 is 14.6 Å². The molecule has 2 aromatic carbocycles. The van der Waals surface area contributed by atoms with E-state index < -0.39 is 9.85 Å². The Morgan fingerprint density at radius 2 is 1.11 bits per heavy atom. The topological polar surface area (TPSA) is 95.5 Å². The summed E-state index contributed by atoms with van der Waals surface area (Å²) in [6.07, 6.45) is 0.750. The number of hydrogen-bond acceptors (Lipinski definition) is 5. The summed E-state index contributed by atoms with van der Waals surface area (Å²) in [6.45, 7) is 12.4. The van der Waals surface area contributed by atoms with Gasteiger partial charge in [-0.3, -0.25) is 20.2 Å². The summed E-state index contributed by atoms with van der Waals surface area (Å²) in [5.74, 6) is 0. The average molecular weight is 376 g/mol. The summed E-state index contributed by atoms with van der Waals surface area (Å²) in [6, 6.07) is 13.0. The van der Waals surface area contributed by atoms with Gasteiger partial charge in [-0.2, -0.15) is 0 Å². The van der Waals surface area contributed by atoms with Gasteiger partial charge in [0.1, 0.15) is 0 Å². The molecular formula is C20H28N2O5. The van der Waals surface area contributed by atoms with Crippen molar-refractivity contribution in [1.29, 1.82) is 0 Å². The predicted molar refractivity (Wildman–Crippen MR) is 107 cm³/mol. The van der Waals surface area contributed by atoms with Gasteiger partial charge >= 0.3 is 0 Å². The number of rotatable bonds is 4. The van der Waals surface area contributed by atoms with Crippen LogP contribution in [0.3, 0.4) is 0 Å². The van der Waals surface area contributed by atoms with E-state index in [1.807, 2.05) is 27.7 Å². The van der Waals surface area contributed by atoms with E-state index in [4.69, 9.17) is 4.74 Å². The summed E-state index contributed by atoms with van der Waals surface area (Å²) in [5, 5.41) is 20.3. The van der Waals surface area contributed by atoms with Gasteiger partial charge in [0.2, 0.25) is 0 Å². The van der Waals surface area contributed by atoms with Crippen LogP contribution in [0.2, 0.25) is 0 Å². The van der Waals surface area contributed by atoms with E-state index in [0.29, 0.717) is 12.2 Å². The highest BCUT2D eigenvalue weighted by Crippen LogP contribution is 2.18. The fourth-order valence-electron chi connectivity index (χ4n) is 1.93. The lowest BCUT2D eigenvalue weighted by Crippen LogP contribution is -2.09. The maximum atomic E-state index is 10.2. The van der Waals surface area contributed by atoms with E-state index in [1.54, 1.807) is 0 Å². The fraction of sp³-hybridized carbons (Fsp3) is 0.400. The molecule has 148 valence electrons. The number of benzene rings is 2. The zero-order valence-electron chi connectivity index (χ0n) is 16.7.